The second-order valence-electron chi connectivity index (χ2n) is 4.35. The van der Waals surface area contributed by atoms with E-state index in [-0.39, 0.29) is 0 Å². The Morgan fingerprint density at radius 1 is 1.47 bits per heavy atom. The average molecular weight is 257 g/mol. The van der Waals surface area contributed by atoms with Gasteiger partial charge in [-0.15, -0.1) is 0 Å². The molecule has 1 unspecified atom stereocenters. The number of halogens is 1. The van der Waals surface area contributed by atoms with E-state index in [1.165, 1.54) is 0 Å². The summed E-state index contributed by atoms with van der Waals surface area (Å²) in [5.41, 5.74) is 7.75. The third kappa shape index (κ3) is 4.28. The van der Waals surface area contributed by atoms with Gasteiger partial charge in [-0.05, 0) is 31.2 Å². The summed E-state index contributed by atoms with van der Waals surface area (Å²) in [5.74, 6) is 0. The summed E-state index contributed by atoms with van der Waals surface area (Å²) in [6.07, 6.45) is 0. The SMILES string of the molecule is COCC(C)N(C)Cc1ccc(CN)cc1Cl. The van der Waals surface area contributed by atoms with Crippen molar-refractivity contribution in [3.63, 3.8) is 0 Å². The topological polar surface area (TPSA) is 38.5 Å². The van der Waals surface area contributed by atoms with Gasteiger partial charge in [0, 0.05) is 31.3 Å². The quantitative estimate of drug-likeness (QED) is 0.849. The van der Waals surface area contributed by atoms with Crippen LogP contribution in [0.5, 0.6) is 0 Å². The van der Waals surface area contributed by atoms with Crippen molar-refractivity contribution >= 4 is 11.6 Å². The predicted octanol–water partition coefficient (Wildman–Crippen LogP) is 2.27. The Morgan fingerprint density at radius 3 is 2.71 bits per heavy atom. The van der Waals surface area contributed by atoms with Crippen LogP contribution in [0.1, 0.15) is 18.1 Å². The Kier molecular flexibility index (Phi) is 5.92. The van der Waals surface area contributed by atoms with E-state index in [1.807, 2.05) is 18.2 Å². The normalized spacial score (nSPS) is 13.1. The molecule has 0 amide bonds. The molecule has 17 heavy (non-hydrogen) atoms. The maximum atomic E-state index is 6.22. The highest BCUT2D eigenvalue weighted by Gasteiger charge is 2.11. The minimum atomic E-state index is 0.366. The molecule has 0 saturated heterocycles. The molecule has 0 radical (unpaired) electrons. The summed E-state index contributed by atoms with van der Waals surface area (Å²) >= 11 is 6.22. The lowest BCUT2D eigenvalue weighted by Gasteiger charge is -2.24. The van der Waals surface area contributed by atoms with Crippen molar-refractivity contribution < 1.29 is 4.74 Å². The molecule has 3 nitrogen and oxygen atoms in total. The van der Waals surface area contributed by atoms with Crippen LogP contribution in [0.4, 0.5) is 0 Å². The molecule has 1 rings (SSSR count). The second-order valence-corrected chi connectivity index (χ2v) is 4.76. The van der Waals surface area contributed by atoms with E-state index in [9.17, 15) is 0 Å². The number of likely N-dealkylation sites (N-methyl/N-ethyl adjacent to an activating group) is 1. The smallest absolute Gasteiger partial charge is 0.0615 e. The van der Waals surface area contributed by atoms with Crippen LogP contribution in [0.15, 0.2) is 18.2 Å². The molecule has 2 N–H and O–H groups in total. The number of rotatable bonds is 6. The number of hydrogen-bond donors (Lipinski definition) is 1. The molecule has 0 fully saturated rings. The molecule has 0 aliphatic rings. The monoisotopic (exact) mass is 256 g/mol. The number of benzene rings is 1. The van der Waals surface area contributed by atoms with Gasteiger partial charge in [0.2, 0.25) is 0 Å². The summed E-state index contributed by atoms with van der Waals surface area (Å²) in [7, 11) is 3.78. The number of nitrogens with two attached hydrogens (primary N) is 1. The first kappa shape index (κ1) is 14.5. The molecule has 0 saturated carbocycles. The van der Waals surface area contributed by atoms with Crippen LogP contribution in [0, 0.1) is 0 Å². The summed E-state index contributed by atoms with van der Waals surface area (Å²) in [6, 6.07) is 6.37. The molecular weight excluding hydrogens is 236 g/mol. The molecule has 1 atom stereocenters. The zero-order chi connectivity index (χ0) is 12.8. The zero-order valence-corrected chi connectivity index (χ0v) is 11.5. The van der Waals surface area contributed by atoms with Crippen molar-refractivity contribution in [3.05, 3.63) is 34.3 Å². The third-order valence-corrected chi connectivity index (χ3v) is 3.29. The van der Waals surface area contributed by atoms with Gasteiger partial charge in [0.05, 0.1) is 6.61 Å². The summed E-state index contributed by atoms with van der Waals surface area (Å²) in [4.78, 5) is 2.22. The van der Waals surface area contributed by atoms with Crippen LogP contribution >= 0.6 is 11.6 Å². The van der Waals surface area contributed by atoms with E-state index in [0.717, 1.165) is 29.3 Å². The fraction of sp³-hybridized carbons (Fsp3) is 0.538. The average Bonchev–Trinajstić information content (AvgIpc) is 2.31. The fourth-order valence-corrected chi connectivity index (χ4v) is 1.90. The summed E-state index contributed by atoms with van der Waals surface area (Å²) in [5, 5.41) is 0.782. The predicted molar refractivity (Wildman–Crippen MR) is 72.1 cm³/mol. The maximum Gasteiger partial charge on any atom is 0.0615 e. The molecule has 96 valence electrons. The Balaban J connectivity index is 2.68. The molecule has 0 heterocycles. The lowest BCUT2D eigenvalue weighted by atomic mass is 10.1. The third-order valence-electron chi connectivity index (χ3n) is 2.93. The van der Waals surface area contributed by atoms with E-state index in [1.54, 1.807) is 7.11 Å². The first-order chi connectivity index (χ1) is 8.08. The van der Waals surface area contributed by atoms with Crippen molar-refractivity contribution in [2.45, 2.75) is 26.1 Å². The number of methoxy groups -OCH3 is 1. The van der Waals surface area contributed by atoms with E-state index in [4.69, 9.17) is 22.1 Å². The molecule has 4 heteroatoms. The summed E-state index contributed by atoms with van der Waals surface area (Å²) in [6.45, 7) is 4.19. The van der Waals surface area contributed by atoms with Crippen molar-refractivity contribution in [1.29, 1.82) is 0 Å². The van der Waals surface area contributed by atoms with Crippen LogP contribution in [0.25, 0.3) is 0 Å². The fourth-order valence-electron chi connectivity index (χ4n) is 1.64. The largest absolute Gasteiger partial charge is 0.383 e. The Labute approximate surface area is 109 Å². The van der Waals surface area contributed by atoms with Crippen molar-refractivity contribution in [2.24, 2.45) is 5.73 Å². The minimum Gasteiger partial charge on any atom is -0.383 e. The van der Waals surface area contributed by atoms with E-state index in [0.29, 0.717) is 12.6 Å². The molecule has 1 aromatic carbocycles. The van der Waals surface area contributed by atoms with Gasteiger partial charge in [0.15, 0.2) is 0 Å². The van der Waals surface area contributed by atoms with Gasteiger partial charge < -0.3 is 10.5 Å². The van der Waals surface area contributed by atoms with Crippen molar-refractivity contribution in [3.8, 4) is 0 Å². The first-order valence-electron chi connectivity index (χ1n) is 5.75. The van der Waals surface area contributed by atoms with E-state index in [2.05, 4.69) is 18.9 Å². The Bertz CT molecular complexity index is 357. The van der Waals surface area contributed by atoms with Crippen LogP contribution < -0.4 is 5.73 Å². The molecule has 1 aromatic rings. The van der Waals surface area contributed by atoms with Crippen molar-refractivity contribution in [1.82, 2.24) is 4.90 Å². The van der Waals surface area contributed by atoms with Gasteiger partial charge in [-0.2, -0.15) is 0 Å². The van der Waals surface area contributed by atoms with Crippen LogP contribution in [-0.4, -0.2) is 31.7 Å². The Hall–Kier alpha value is -0.610. The Morgan fingerprint density at radius 2 is 2.18 bits per heavy atom. The molecule has 0 aliphatic heterocycles. The highest BCUT2D eigenvalue weighted by molar-refractivity contribution is 6.31. The molecule has 0 spiro atoms. The maximum absolute atomic E-state index is 6.22. The number of nitrogens with zero attached hydrogens (tertiary/aromatic N) is 1. The standard InChI is InChI=1S/C13H21ClN2O/c1-10(9-17-3)16(2)8-12-5-4-11(7-15)6-13(12)14/h4-6,10H,7-9,15H2,1-3H3. The van der Waals surface area contributed by atoms with Gasteiger partial charge >= 0.3 is 0 Å². The first-order valence-corrected chi connectivity index (χ1v) is 6.12. The van der Waals surface area contributed by atoms with Crippen molar-refractivity contribution in [2.75, 3.05) is 20.8 Å². The molecular formula is C13H21ClN2O. The van der Waals surface area contributed by atoms with Crippen LogP contribution in [0.3, 0.4) is 0 Å². The van der Waals surface area contributed by atoms with Crippen LogP contribution in [-0.2, 0) is 17.8 Å². The molecule has 0 aromatic heterocycles. The molecule has 0 bridgehead atoms. The summed E-state index contributed by atoms with van der Waals surface area (Å²) < 4.78 is 5.14. The lowest BCUT2D eigenvalue weighted by Crippen LogP contribution is -2.32. The zero-order valence-electron chi connectivity index (χ0n) is 10.7. The lowest BCUT2D eigenvalue weighted by molar-refractivity contribution is 0.112. The van der Waals surface area contributed by atoms with Gasteiger partial charge in [-0.3, -0.25) is 4.90 Å². The highest BCUT2D eigenvalue weighted by Crippen LogP contribution is 2.19. The highest BCUT2D eigenvalue weighted by atomic mass is 35.5. The molecule has 0 aliphatic carbocycles. The van der Waals surface area contributed by atoms with Crippen LogP contribution in [0.2, 0.25) is 5.02 Å². The minimum absolute atomic E-state index is 0.366. The van der Waals surface area contributed by atoms with Gasteiger partial charge in [-0.25, -0.2) is 0 Å². The van der Waals surface area contributed by atoms with E-state index < -0.39 is 0 Å². The van der Waals surface area contributed by atoms with Gasteiger partial charge in [0.25, 0.3) is 0 Å². The number of ether oxygens (including phenoxy) is 1. The van der Waals surface area contributed by atoms with E-state index >= 15 is 0 Å². The van der Waals surface area contributed by atoms with Gasteiger partial charge in [0.1, 0.15) is 0 Å². The number of hydrogen-bond acceptors (Lipinski definition) is 3. The van der Waals surface area contributed by atoms with Gasteiger partial charge in [-0.1, -0.05) is 23.7 Å². The second kappa shape index (κ2) is 6.97.